The molecule has 1 unspecified atom stereocenters. The SMILES string of the molecule is CCC1(C(=O)O)CCCN(S(=O)(=O)c2cccs2)C1. The van der Waals surface area contributed by atoms with Crippen molar-refractivity contribution in [2.24, 2.45) is 5.41 Å². The van der Waals surface area contributed by atoms with Gasteiger partial charge in [0.1, 0.15) is 4.21 Å². The third-order valence-electron chi connectivity index (χ3n) is 3.76. The van der Waals surface area contributed by atoms with Crippen molar-refractivity contribution in [3.8, 4) is 0 Å². The highest BCUT2D eigenvalue weighted by Crippen LogP contribution is 2.36. The third kappa shape index (κ3) is 2.54. The van der Waals surface area contributed by atoms with Crippen LogP contribution in [0.5, 0.6) is 0 Å². The molecular weight excluding hydrogens is 286 g/mol. The van der Waals surface area contributed by atoms with Crippen LogP contribution in [0.4, 0.5) is 0 Å². The summed E-state index contributed by atoms with van der Waals surface area (Å²) in [4.78, 5) is 11.4. The van der Waals surface area contributed by atoms with Crippen molar-refractivity contribution >= 4 is 27.3 Å². The summed E-state index contributed by atoms with van der Waals surface area (Å²) in [5, 5.41) is 11.1. The van der Waals surface area contributed by atoms with Gasteiger partial charge in [0.25, 0.3) is 10.0 Å². The first-order valence-corrected chi connectivity index (χ1v) is 8.51. The van der Waals surface area contributed by atoms with E-state index in [1.807, 2.05) is 0 Å². The topological polar surface area (TPSA) is 74.7 Å². The normalized spacial score (nSPS) is 25.3. The van der Waals surface area contributed by atoms with Gasteiger partial charge in [0.05, 0.1) is 5.41 Å². The molecule has 1 aliphatic rings. The van der Waals surface area contributed by atoms with Gasteiger partial charge in [-0.3, -0.25) is 4.79 Å². The van der Waals surface area contributed by atoms with Gasteiger partial charge in [0, 0.05) is 13.1 Å². The number of nitrogens with zero attached hydrogens (tertiary/aromatic N) is 1. The highest BCUT2D eigenvalue weighted by molar-refractivity contribution is 7.91. The van der Waals surface area contributed by atoms with Crippen LogP contribution in [-0.2, 0) is 14.8 Å². The Kier molecular flexibility index (Phi) is 3.98. The fraction of sp³-hybridized carbons (Fsp3) is 0.583. The Labute approximate surface area is 116 Å². The first-order chi connectivity index (χ1) is 8.92. The monoisotopic (exact) mass is 303 g/mol. The van der Waals surface area contributed by atoms with Crippen LogP contribution >= 0.6 is 11.3 Å². The molecule has 0 bridgehead atoms. The summed E-state index contributed by atoms with van der Waals surface area (Å²) < 4.78 is 26.4. The minimum absolute atomic E-state index is 0.0685. The van der Waals surface area contributed by atoms with Gasteiger partial charge in [-0.05, 0) is 30.7 Å². The Morgan fingerprint density at radius 3 is 2.84 bits per heavy atom. The summed E-state index contributed by atoms with van der Waals surface area (Å²) in [6.07, 6.45) is 1.57. The molecule has 2 heterocycles. The predicted molar refractivity (Wildman–Crippen MR) is 72.7 cm³/mol. The molecule has 19 heavy (non-hydrogen) atoms. The van der Waals surface area contributed by atoms with Crippen molar-refractivity contribution in [3.05, 3.63) is 17.5 Å². The third-order valence-corrected chi connectivity index (χ3v) is 6.98. The van der Waals surface area contributed by atoms with Crippen LogP contribution in [0.2, 0.25) is 0 Å². The van der Waals surface area contributed by atoms with E-state index in [0.717, 1.165) is 11.3 Å². The van der Waals surface area contributed by atoms with Gasteiger partial charge in [0.15, 0.2) is 0 Å². The number of carbonyl (C=O) groups is 1. The molecule has 1 saturated heterocycles. The number of hydrogen-bond donors (Lipinski definition) is 1. The maximum Gasteiger partial charge on any atom is 0.310 e. The largest absolute Gasteiger partial charge is 0.481 e. The fourth-order valence-electron chi connectivity index (χ4n) is 2.45. The summed E-state index contributed by atoms with van der Waals surface area (Å²) in [5.74, 6) is -0.902. The van der Waals surface area contributed by atoms with E-state index in [1.165, 1.54) is 4.31 Å². The molecule has 0 spiro atoms. The van der Waals surface area contributed by atoms with E-state index in [0.29, 0.717) is 25.8 Å². The van der Waals surface area contributed by atoms with Crippen molar-refractivity contribution in [1.82, 2.24) is 4.31 Å². The number of thiophene rings is 1. The van der Waals surface area contributed by atoms with Crippen LogP contribution in [0.1, 0.15) is 26.2 Å². The number of hydrogen-bond acceptors (Lipinski definition) is 4. The average Bonchev–Trinajstić information content (AvgIpc) is 2.93. The molecular formula is C12H17NO4S2. The lowest BCUT2D eigenvalue weighted by atomic mass is 9.78. The number of rotatable bonds is 4. The van der Waals surface area contributed by atoms with Crippen LogP contribution in [0, 0.1) is 5.41 Å². The highest BCUT2D eigenvalue weighted by atomic mass is 32.2. The second-order valence-corrected chi connectivity index (χ2v) is 7.93. The molecule has 1 aromatic heterocycles. The molecule has 7 heteroatoms. The van der Waals surface area contributed by atoms with Gasteiger partial charge in [-0.15, -0.1) is 11.3 Å². The molecule has 1 aromatic rings. The molecule has 1 atom stereocenters. The number of carboxylic acids is 1. The summed E-state index contributed by atoms with van der Waals surface area (Å²) in [7, 11) is -3.54. The van der Waals surface area contributed by atoms with Crippen molar-refractivity contribution in [2.75, 3.05) is 13.1 Å². The van der Waals surface area contributed by atoms with Gasteiger partial charge in [-0.1, -0.05) is 13.0 Å². The van der Waals surface area contributed by atoms with Gasteiger partial charge >= 0.3 is 5.97 Å². The zero-order valence-electron chi connectivity index (χ0n) is 10.7. The van der Waals surface area contributed by atoms with E-state index in [1.54, 1.807) is 24.4 Å². The molecule has 0 aliphatic carbocycles. The van der Waals surface area contributed by atoms with E-state index < -0.39 is 21.4 Å². The number of sulfonamides is 1. The smallest absolute Gasteiger partial charge is 0.310 e. The first-order valence-electron chi connectivity index (χ1n) is 6.19. The number of aliphatic carboxylic acids is 1. The Balaban J connectivity index is 2.30. The number of piperidine rings is 1. The van der Waals surface area contributed by atoms with Crippen molar-refractivity contribution in [1.29, 1.82) is 0 Å². The molecule has 0 saturated carbocycles. The molecule has 0 radical (unpaired) electrons. The summed E-state index contributed by atoms with van der Waals surface area (Å²) in [5.41, 5.74) is -0.942. The maximum atomic E-state index is 12.4. The lowest BCUT2D eigenvalue weighted by Crippen LogP contribution is -2.49. The highest BCUT2D eigenvalue weighted by Gasteiger charge is 2.44. The van der Waals surface area contributed by atoms with Crippen LogP contribution in [0.3, 0.4) is 0 Å². The van der Waals surface area contributed by atoms with Gasteiger partial charge in [-0.25, -0.2) is 8.42 Å². The number of carboxylic acid groups (broad SMARTS) is 1. The molecule has 5 nitrogen and oxygen atoms in total. The fourth-order valence-corrected chi connectivity index (χ4v) is 5.16. The Morgan fingerprint density at radius 2 is 2.32 bits per heavy atom. The van der Waals surface area contributed by atoms with Crippen LogP contribution in [0.25, 0.3) is 0 Å². The Bertz CT molecular complexity index is 552. The van der Waals surface area contributed by atoms with Gasteiger partial charge in [-0.2, -0.15) is 4.31 Å². The minimum atomic E-state index is -3.54. The van der Waals surface area contributed by atoms with Gasteiger partial charge in [0.2, 0.25) is 0 Å². The quantitative estimate of drug-likeness (QED) is 0.923. The molecule has 0 aromatic carbocycles. The summed E-state index contributed by atoms with van der Waals surface area (Å²) in [6.45, 7) is 2.27. The van der Waals surface area contributed by atoms with E-state index in [2.05, 4.69) is 0 Å². The lowest BCUT2D eigenvalue weighted by molar-refractivity contribution is -0.151. The lowest BCUT2D eigenvalue weighted by Gasteiger charge is -2.38. The van der Waals surface area contributed by atoms with Crippen molar-refractivity contribution in [3.63, 3.8) is 0 Å². The molecule has 0 amide bonds. The molecule has 1 fully saturated rings. The average molecular weight is 303 g/mol. The summed E-state index contributed by atoms with van der Waals surface area (Å²) in [6, 6.07) is 3.24. The zero-order chi connectivity index (χ0) is 14.1. The molecule has 2 rings (SSSR count). The van der Waals surface area contributed by atoms with Crippen LogP contribution < -0.4 is 0 Å². The minimum Gasteiger partial charge on any atom is -0.481 e. The van der Waals surface area contributed by atoms with E-state index in [-0.39, 0.29) is 10.8 Å². The summed E-state index contributed by atoms with van der Waals surface area (Å²) >= 11 is 1.16. The van der Waals surface area contributed by atoms with Crippen LogP contribution in [-0.4, -0.2) is 36.9 Å². The maximum absolute atomic E-state index is 12.4. The molecule has 1 N–H and O–H groups in total. The standard InChI is InChI=1S/C12H17NO4S2/c1-2-12(11(14)15)6-4-7-13(9-12)19(16,17)10-5-3-8-18-10/h3,5,8H,2,4,6-7,9H2,1H3,(H,14,15). The van der Waals surface area contributed by atoms with Crippen molar-refractivity contribution < 1.29 is 18.3 Å². The molecule has 106 valence electrons. The Hall–Kier alpha value is -0.920. The van der Waals surface area contributed by atoms with E-state index in [9.17, 15) is 18.3 Å². The second-order valence-electron chi connectivity index (χ2n) is 4.81. The Morgan fingerprint density at radius 1 is 1.58 bits per heavy atom. The van der Waals surface area contributed by atoms with E-state index in [4.69, 9.17) is 0 Å². The van der Waals surface area contributed by atoms with E-state index >= 15 is 0 Å². The van der Waals surface area contributed by atoms with Gasteiger partial charge < -0.3 is 5.11 Å². The zero-order valence-corrected chi connectivity index (χ0v) is 12.3. The first kappa shape index (κ1) is 14.5. The molecule has 1 aliphatic heterocycles. The van der Waals surface area contributed by atoms with Crippen molar-refractivity contribution in [2.45, 2.75) is 30.4 Å². The van der Waals surface area contributed by atoms with Crippen LogP contribution in [0.15, 0.2) is 21.7 Å². The predicted octanol–water partition coefficient (Wildman–Crippen LogP) is 2.01. The second kappa shape index (κ2) is 5.22.